The summed E-state index contributed by atoms with van der Waals surface area (Å²) in [5.74, 6) is 0.462. The maximum Gasteiger partial charge on any atom is 0.368 e. The molecule has 124 valence electrons. The monoisotopic (exact) mass is 347 g/mol. The van der Waals surface area contributed by atoms with Crippen molar-refractivity contribution in [1.29, 1.82) is 0 Å². The lowest BCUT2D eigenvalue weighted by Gasteiger charge is -2.13. The van der Waals surface area contributed by atoms with Crippen LogP contribution in [0.15, 0.2) is 29.2 Å². The summed E-state index contributed by atoms with van der Waals surface area (Å²) >= 11 is 0.845. The molecule has 4 rings (SSSR count). The number of aromatic nitrogens is 5. The Bertz CT molecular complexity index is 943. The number of hydrogen-bond acceptors (Lipinski definition) is 6. The third-order valence-corrected chi connectivity index (χ3v) is 4.65. The first-order valence-electron chi connectivity index (χ1n) is 7.49. The van der Waals surface area contributed by atoms with Gasteiger partial charge in [-0.2, -0.15) is 13.8 Å². The molecule has 0 spiro atoms. The van der Waals surface area contributed by atoms with Gasteiger partial charge in [0.15, 0.2) is 5.13 Å². The van der Waals surface area contributed by atoms with Crippen LogP contribution in [0.25, 0.3) is 5.69 Å². The number of rotatable bonds is 5. The van der Waals surface area contributed by atoms with Gasteiger partial charge >= 0.3 is 5.69 Å². The molecule has 2 aromatic heterocycles. The predicted octanol–water partition coefficient (Wildman–Crippen LogP) is 2.02. The van der Waals surface area contributed by atoms with Crippen molar-refractivity contribution in [3.8, 4) is 10.9 Å². The van der Waals surface area contributed by atoms with Gasteiger partial charge in [-0.15, -0.1) is 0 Å². The second kappa shape index (κ2) is 5.82. The van der Waals surface area contributed by atoms with Gasteiger partial charge in [0.2, 0.25) is 0 Å². The van der Waals surface area contributed by atoms with E-state index in [1.807, 2.05) is 18.2 Å². The SMILES string of the molecule is Cn1nnn(-c2cccc(C3CC3)c2COc2ncc(F)s2)c1=O. The minimum absolute atomic E-state index is 0.192. The molecule has 0 bridgehead atoms. The molecule has 0 unspecified atom stereocenters. The van der Waals surface area contributed by atoms with Gasteiger partial charge in [0.1, 0.15) is 6.61 Å². The van der Waals surface area contributed by atoms with Crippen LogP contribution in [0.5, 0.6) is 5.19 Å². The topological polar surface area (TPSA) is 74.8 Å². The van der Waals surface area contributed by atoms with Crippen LogP contribution in [0.4, 0.5) is 4.39 Å². The number of halogens is 1. The molecule has 1 aliphatic carbocycles. The van der Waals surface area contributed by atoms with E-state index in [-0.39, 0.29) is 17.5 Å². The Morgan fingerprint density at radius 1 is 1.38 bits per heavy atom. The van der Waals surface area contributed by atoms with E-state index in [2.05, 4.69) is 15.4 Å². The zero-order valence-electron chi connectivity index (χ0n) is 12.8. The number of hydrogen-bond donors (Lipinski definition) is 0. The van der Waals surface area contributed by atoms with Crippen LogP contribution in [-0.2, 0) is 13.7 Å². The minimum Gasteiger partial charge on any atom is -0.465 e. The highest BCUT2D eigenvalue weighted by atomic mass is 32.1. The van der Waals surface area contributed by atoms with E-state index >= 15 is 0 Å². The van der Waals surface area contributed by atoms with Gasteiger partial charge < -0.3 is 4.74 Å². The molecule has 0 amide bonds. The molecule has 1 fully saturated rings. The molecule has 3 aromatic rings. The third kappa shape index (κ3) is 2.71. The summed E-state index contributed by atoms with van der Waals surface area (Å²) in [4.78, 5) is 16.1. The zero-order chi connectivity index (χ0) is 16.7. The van der Waals surface area contributed by atoms with Gasteiger partial charge in [-0.1, -0.05) is 12.1 Å². The van der Waals surface area contributed by atoms with Crippen LogP contribution in [-0.4, -0.2) is 24.8 Å². The largest absolute Gasteiger partial charge is 0.465 e. The Morgan fingerprint density at radius 3 is 2.83 bits per heavy atom. The normalized spacial score (nSPS) is 14.1. The molecule has 1 aliphatic rings. The number of tetrazole rings is 1. The van der Waals surface area contributed by atoms with Crippen molar-refractivity contribution in [3.05, 3.63) is 51.1 Å². The van der Waals surface area contributed by atoms with Gasteiger partial charge in [-0.3, -0.25) is 0 Å². The number of benzene rings is 1. The fraction of sp³-hybridized carbons (Fsp3) is 0.333. The number of nitrogens with zero attached hydrogens (tertiary/aromatic N) is 5. The van der Waals surface area contributed by atoms with Gasteiger partial charge in [0.05, 0.1) is 11.9 Å². The Kier molecular flexibility index (Phi) is 3.64. The van der Waals surface area contributed by atoms with Crippen molar-refractivity contribution in [2.45, 2.75) is 25.4 Å². The Hall–Kier alpha value is -2.55. The smallest absolute Gasteiger partial charge is 0.368 e. The molecule has 9 heteroatoms. The highest BCUT2D eigenvalue weighted by Crippen LogP contribution is 2.43. The molecule has 1 saturated carbocycles. The van der Waals surface area contributed by atoms with Gasteiger partial charge in [-0.05, 0) is 52.2 Å². The minimum atomic E-state index is -0.397. The van der Waals surface area contributed by atoms with Gasteiger partial charge in [0.25, 0.3) is 5.19 Å². The molecular weight excluding hydrogens is 333 g/mol. The summed E-state index contributed by atoms with van der Waals surface area (Å²) in [6, 6.07) is 5.74. The summed E-state index contributed by atoms with van der Waals surface area (Å²) in [5.41, 5.74) is 2.29. The summed E-state index contributed by atoms with van der Waals surface area (Å²) in [7, 11) is 1.55. The van der Waals surface area contributed by atoms with Gasteiger partial charge in [0, 0.05) is 12.6 Å². The summed E-state index contributed by atoms with van der Waals surface area (Å²) in [6.07, 6.45) is 3.34. The number of thiazole rings is 1. The molecule has 0 saturated heterocycles. The standard InChI is InChI=1S/C15H14FN5O2S/c1-20-15(22)21(19-18-20)12-4-2-3-10(9-5-6-9)11(12)8-23-14-17-7-13(16)24-14/h2-4,7,9H,5-6,8H2,1H3. The van der Waals surface area contributed by atoms with Crippen molar-refractivity contribution < 1.29 is 9.13 Å². The van der Waals surface area contributed by atoms with E-state index in [1.165, 1.54) is 9.36 Å². The number of aryl methyl sites for hydroxylation is 1. The van der Waals surface area contributed by atoms with Crippen molar-refractivity contribution in [3.63, 3.8) is 0 Å². The van der Waals surface area contributed by atoms with E-state index in [0.29, 0.717) is 11.6 Å². The Labute approximate surface area is 140 Å². The Morgan fingerprint density at radius 2 is 2.21 bits per heavy atom. The van der Waals surface area contributed by atoms with Crippen molar-refractivity contribution in [2.24, 2.45) is 7.05 Å². The Balaban J connectivity index is 1.74. The first-order valence-corrected chi connectivity index (χ1v) is 8.30. The number of ether oxygens (including phenoxy) is 1. The highest BCUT2D eigenvalue weighted by molar-refractivity contribution is 7.11. The molecule has 7 nitrogen and oxygen atoms in total. The lowest BCUT2D eigenvalue weighted by molar-refractivity contribution is 0.302. The van der Waals surface area contributed by atoms with Crippen LogP contribution < -0.4 is 10.4 Å². The molecule has 0 radical (unpaired) electrons. The van der Waals surface area contributed by atoms with E-state index in [9.17, 15) is 9.18 Å². The molecule has 0 N–H and O–H groups in total. The first kappa shape index (κ1) is 15.0. The fourth-order valence-corrected chi connectivity index (χ4v) is 3.13. The van der Waals surface area contributed by atoms with E-state index in [0.717, 1.165) is 41.5 Å². The summed E-state index contributed by atoms with van der Waals surface area (Å²) < 4.78 is 21.1. The predicted molar refractivity (Wildman–Crippen MR) is 85.0 cm³/mol. The quantitative estimate of drug-likeness (QED) is 0.706. The van der Waals surface area contributed by atoms with Crippen molar-refractivity contribution in [1.82, 2.24) is 24.8 Å². The van der Waals surface area contributed by atoms with Crippen molar-refractivity contribution >= 4 is 11.3 Å². The van der Waals surface area contributed by atoms with E-state index < -0.39 is 5.13 Å². The van der Waals surface area contributed by atoms with Crippen LogP contribution >= 0.6 is 11.3 Å². The van der Waals surface area contributed by atoms with E-state index in [1.54, 1.807) is 7.05 Å². The summed E-state index contributed by atoms with van der Waals surface area (Å²) in [6.45, 7) is 0.192. The van der Waals surface area contributed by atoms with Crippen LogP contribution in [0, 0.1) is 5.13 Å². The maximum atomic E-state index is 13.1. The molecule has 1 aromatic carbocycles. The lowest BCUT2D eigenvalue weighted by atomic mass is 10.0. The lowest BCUT2D eigenvalue weighted by Crippen LogP contribution is -2.23. The van der Waals surface area contributed by atoms with Crippen LogP contribution in [0.2, 0.25) is 0 Å². The molecule has 2 heterocycles. The third-order valence-electron chi connectivity index (χ3n) is 3.95. The van der Waals surface area contributed by atoms with Crippen molar-refractivity contribution in [2.75, 3.05) is 0 Å². The average Bonchev–Trinajstić information content (AvgIpc) is 3.27. The first-order chi connectivity index (χ1) is 11.6. The second-order valence-electron chi connectivity index (χ2n) is 5.64. The second-order valence-corrected chi connectivity index (χ2v) is 6.58. The highest BCUT2D eigenvalue weighted by Gasteiger charge is 2.28. The van der Waals surface area contributed by atoms with Crippen LogP contribution in [0.1, 0.15) is 29.9 Å². The average molecular weight is 347 g/mol. The van der Waals surface area contributed by atoms with Crippen LogP contribution in [0.3, 0.4) is 0 Å². The fourth-order valence-electron chi connectivity index (χ4n) is 2.63. The zero-order valence-corrected chi connectivity index (χ0v) is 13.7. The van der Waals surface area contributed by atoms with E-state index in [4.69, 9.17) is 4.74 Å². The molecule has 0 aliphatic heterocycles. The molecule has 0 atom stereocenters. The van der Waals surface area contributed by atoms with Gasteiger partial charge in [-0.25, -0.2) is 9.78 Å². The molecule has 24 heavy (non-hydrogen) atoms. The summed E-state index contributed by atoms with van der Waals surface area (Å²) in [5, 5.41) is 7.54. The maximum absolute atomic E-state index is 13.1. The molecular formula is C15H14FN5O2S.